The zero-order valence-electron chi connectivity index (χ0n) is 19.1. The van der Waals surface area contributed by atoms with Crippen molar-refractivity contribution in [3.8, 4) is 0 Å². The Morgan fingerprint density at radius 1 is 0.889 bits per heavy atom. The molecule has 1 aromatic heterocycles. The van der Waals surface area contributed by atoms with Gasteiger partial charge in [0.2, 0.25) is 0 Å². The number of rotatable bonds is 6. The van der Waals surface area contributed by atoms with Crippen molar-refractivity contribution < 1.29 is 22.7 Å². The van der Waals surface area contributed by atoms with Gasteiger partial charge in [-0.1, -0.05) is 30.3 Å². The molecule has 0 radical (unpaired) electrons. The van der Waals surface area contributed by atoms with Crippen LogP contribution in [0, 0.1) is 5.82 Å². The minimum atomic E-state index is -3.83. The van der Waals surface area contributed by atoms with E-state index in [4.69, 9.17) is 0 Å². The first kappa shape index (κ1) is 23.6. The highest BCUT2D eigenvalue weighted by Crippen LogP contribution is 2.28. The molecule has 184 valence electrons. The number of nitrogens with one attached hydrogen (secondary N) is 1. The van der Waals surface area contributed by atoms with E-state index < -0.39 is 16.0 Å². The van der Waals surface area contributed by atoms with Crippen molar-refractivity contribution in [3.63, 3.8) is 0 Å². The van der Waals surface area contributed by atoms with E-state index in [-0.39, 0.29) is 22.0 Å². The maximum atomic E-state index is 14.2. The lowest BCUT2D eigenvalue weighted by Gasteiger charge is -2.37. The summed E-state index contributed by atoms with van der Waals surface area (Å²) >= 11 is 0. The molecule has 0 amide bonds. The molecule has 10 heteroatoms. The van der Waals surface area contributed by atoms with E-state index in [1.165, 1.54) is 30.3 Å². The predicted octanol–water partition coefficient (Wildman–Crippen LogP) is 4.20. The first-order chi connectivity index (χ1) is 17.3. The van der Waals surface area contributed by atoms with Crippen LogP contribution in [-0.4, -0.2) is 50.7 Å². The van der Waals surface area contributed by atoms with Crippen molar-refractivity contribution in [3.05, 3.63) is 90.2 Å². The molecule has 0 atom stereocenters. The van der Waals surface area contributed by atoms with Gasteiger partial charge in [0.15, 0.2) is 0 Å². The van der Waals surface area contributed by atoms with Crippen molar-refractivity contribution in [2.24, 2.45) is 0 Å². The highest BCUT2D eigenvalue weighted by atomic mass is 32.2. The summed E-state index contributed by atoms with van der Waals surface area (Å²) in [6.07, 6.45) is 0. The van der Waals surface area contributed by atoms with Gasteiger partial charge < -0.3 is 14.9 Å². The number of fused-ring (bicyclic) bond motifs is 1. The van der Waals surface area contributed by atoms with Gasteiger partial charge in [-0.05, 0) is 48.5 Å². The number of aromatic nitrogens is 1. The number of aromatic carboxylic acids is 1. The van der Waals surface area contributed by atoms with Crippen LogP contribution in [0.3, 0.4) is 0 Å². The molecular weight excluding hydrogens is 483 g/mol. The third kappa shape index (κ3) is 4.67. The maximum absolute atomic E-state index is 14.2. The zero-order valence-corrected chi connectivity index (χ0v) is 20.0. The van der Waals surface area contributed by atoms with Crippen molar-refractivity contribution in [2.75, 3.05) is 40.7 Å². The Labute approximate surface area is 207 Å². The summed E-state index contributed by atoms with van der Waals surface area (Å²) in [5.74, 6) is -0.913. The molecule has 8 nitrogen and oxygen atoms in total. The second-order valence-electron chi connectivity index (χ2n) is 8.41. The quantitative estimate of drug-likeness (QED) is 0.404. The maximum Gasteiger partial charge on any atom is 0.336 e. The van der Waals surface area contributed by atoms with E-state index in [0.717, 1.165) is 0 Å². The molecule has 5 rings (SSSR count). The van der Waals surface area contributed by atoms with Crippen LogP contribution < -0.4 is 14.5 Å². The number of carboxylic acid groups (broad SMARTS) is 1. The van der Waals surface area contributed by atoms with Gasteiger partial charge in [-0.15, -0.1) is 0 Å². The summed E-state index contributed by atoms with van der Waals surface area (Å²) < 4.78 is 42.0. The van der Waals surface area contributed by atoms with Gasteiger partial charge in [-0.3, -0.25) is 4.72 Å². The predicted molar refractivity (Wildman–Crippen MR) is 137 cm³/mol. The van der Waals surface area contributed by atoms with Crippen LogP contribution in [0.4, 0.5) is 21.6 Å². The molecule has 2 N–H and O–H groups in total. The van der Waals surface area contributed by atoms with E-state index in [0.29, 0.717) is 48.6 Å². The van der Waals surface area contributed by atoms with Crippen LogP contribution in [0.2, 0.25) is 0 Å². The van der Waals surface area contributed by atoms with E-state index in [2.05, 4.69) is 9.71 Å². The zero-order chi connectivity index (χ0) is 25.3. The molecule has 1 aliphatic rings. The summed E-state index contributed by atoms with van der Waals surface area (Å²) in [7, 11) is -3.83. The summed E-state index contributed by atoms with van der Waals surface area (Å²) in [5.41, 5.74) is 1.23. The van der Waals surface area contributed by atoms with Crippen molar-refractivity contribution in [1.82, 2.24) is 4.98 Å². The highest BCUT2D eigenvalue weighted by molar-refractivity contribution is 7.92. The van der Waals surface area contributed by atoms with Gasteiger partial charge in [0.25, 0.3) is 10.0 Å². The normalized spacial score (nSPS) is 14.1. The number of halogens is 1. The number of hydrogen-bond acceptors (Lipinski definition) is 6. The standard InChI is InChI=1S/C26H23FN4O4S/c27-22-8-4-5-9-24(22)30-12-14-31(15-13-30)25-17-21(26(32)33)20-16-18(10-11-23(20)28-25)29-36(34,35)19-6-2-1-3-7-19/h1-11,16-17,29H,12-15H2,(H,32,33). The Hall–Kier alpha value is -4.18. The second-order valence-corrected chi connectivity index (χ2v) is 10.1. The summed E-state index contributed by atoms with van der Waals surface area (Å²) in [6, 6.07) is 20.7. The molecule has 2 heterocycles. The molecule has 0 spiro atoms. The van der Waals surface area contributed by atoms with Gasteiger partial charge in [-0.25, -0.2) is 22.6 Å². The van der Waals surface area contributed by atoms with Crippen molar-refractivity contribution in [1.29, 1.82) is 0 Å². The smallest absolute Gasteiger partial charge is 0.336 e. The van der Waals surface area contributed by atoms with E-state index in [9.17, 15) is 22.7 Å². The summed E-state index contributed by atoms with van der Waals surface area (Å²) in [4.78, 5) is 20.8. The van der Waals surface area contributed by atoms with Crippen LogP contribution in [0.15, 0.2) is 83.8 Å². The molecule has 0 saturated carbocycles. The molecule has 1 saturated heterocycles. The van der Waals surface area contributed by atoms with E-state index in [1.54, 1.807) is 48.5 Å². The Morgan fingerprint density at radius 3 is 2.25 bits per heavy atom. The number of carbonyl (C=O) groups is 1. The molecule has 0 unspecified atom stereocenters. The Kier molecular flexibility index (Phi) is 6.19. The number of anilines is 3. The van der Waals surface area contributed by atoms with Gasteiger partial charge in [-0.2, -0.15) is 0 Å². The molecule has 36 heavy (non-hydrogen) atoms. The average molecular weight is 507 g/mol. The minimum Gasteiger partial charge on any atom is -0.478 e. The lowest BCUT2D eigenvalue weighted by molar-refractivity contribution is 0.0699. The molecule has 4 aromatic rings. The Bertz CT molecular complexity index is 1540. The van der Waals surface area contributed by atoms with Crippen LogP contribution >= 0.6 is 0 Å². The average Bonchev–Trinajstić information content (AvgIpc) is 2.89. The fraction of sp³-hybridized carbons (Fsp3) is 0.154. The lowest BCUT2D eigenvalue weighted by atomic mass is 10.1. The second kappa shape index (κ2) is 9.46. The summed E-state index contributed by atoms with van der Waals surface area (Å²) in [5, 5.41) is 10.2. The Morgan fingerprint density at radius 2 is 1.56 bits per heavy atom. The molecule has 3 aromatic carbocycles. The number of carboxylic acids is 1. The number of para-hydroxylation sites is 1. The fourth-order valence-corrected chi connectivity index (χ4v) is 5.38. The molecule has 1 aliphatic heterocycles. The lowest BCUT2D eigenvalue weighted by Crippen LogP contribution is -2.47. The van der Waals surface area contributed by atoms with Crippen molar-refractivity contribution >= 4 is 44.1 Å². The number of pyridine rings is 1. The first-order valence-electron chi connectivity index (χ1n) is 11.3. The third-order valence-corrected chi connectivity index (χ3v) is 7.53. The van der Waals surface area contributed by atoms with Gasteiger partial charge >= 0.3 is 5.97 Å². The minimum absolute atomic E-state index is 0.0206. The molecule has 1 fully saturated rings. The van der Waals surface area contributed by atoms with E-state index in [1.807, 2.05) is 9.80 Å². The van der Waals surface area contributed by atoms with Crippen molar-refractivity contribution in [2.45, 2.75) is 4.90 Å². The first-order valence-corrected chi connectivity index (χ1v) is 12.8. The molecule has 0 aliphatic carbocycles. The van der Waals surface area contributed by atoms with Gasteiger partial charge in [0, 0.05) is 37.3 Å². The van der Waals surface area contributed by atoms with Gasteiger partial charge in [0.1, 0.15) is 11.6 Å². The van der Waals surface area contributed by atoms with Crippen LogP contribution in [0.25, 0.3) is 10.9 Å². The largest absolute Gasteiger partial charge is 0.478 e. The topological polar surface area (TPSA) is 103 Å². The van der Waals surface area contributed by atoms with Crippen LogP contribution in [-0.2, 0) is 10.0 Å². The van der Waals surface area contributed by atoms with Gasteiger partial charge in [0.05, 0.1) is 21.7 Å². The van der Waals surface area contributed by atoms with Crippen LogP contribution in [0.1, 0.15) is 10.4 Å². The monoisotopic (exact) mass is 506 g/mol. The molecule has 0 bridgehead atoms. The fourth-order valence-electron chi connectivity index (χ4n) is 4.31. The number of piperazine rings is 1. The highest BCUT2D eigenvalue weighted by Gasteiger charge is 2.23. The third-order valence-electron chi connectivity index (χ3n) is 6.13. The number of nitrogens with zero attached hydrogens (tertiary/aromatic N) is 3. The Balaban J connectivity index is 1.41. The number of sulfonamides is 1. The van der Waals surface area contributed by atoms with Crippen LogP contribution in [0.5, 0.6) is 0 Å². The number of hydrogen-bond donors (Lipinski definition) is 2. The molecular formula is C26H23FN4O4S. The number of benzene rings is 3. The van der Waals surface area contributed by atoms with E-state index >= 15 is 0 Å². The SMILES string of the molecule is O=C(O)c1cc(N2CCN(c3ccccc3F)CC2)nc2ccc(NS(=O)(=O)c3ccccc3)cc12. The summed E-state index contributed by atoms with van der Waals surface area (Å²) in [6.45, 7) is 2.20.